The standard InChI is InChI=1S/C12H15I2N4O2PS/c1-7(2)10-8(3)16-12(17-11(10)19)18-5-4-15-9(18)6-20-22-21(13)14/h4-5,7H,6H2,1-3H3,(H,16,17,19). The Bertz CT molecular complexity index is 631. The first-order valence-corrected chi connectivity index (χ1v) is 14.7. The number of aromatic nitrogens is 4. The van der Waals surface area contributed by atoms with Gasteiger partial charge in [0, 0.05) is 29.6 Å². The lowest BCUT2D eigenvalue weighted by atomic mass is 10.0. The molecular weight excluding hydrogens is 549 g/mol. The molecular formula is C12H15I2N4O2PS. The predicted octanol–water partition coefficient (Wildman–Crippen LogP) is 5.06. The fourth-order valence-electron chi connectivity index (χ4n) is 2.08. The van der Waals surface area contributed by atoms with Crippen LogP contribution in [0.1, 0.15) is 36.8 Å². The second-order valence-electron chi connectivity index (χ2n) is 4.75. The van der Waals surface area contributed by atoms with Crippen LogP contribution >= 0.6 is 58.2 Å². The van der Waals surface area contributed by atoms with Crippen molar-refractivity contribution in [3.8, 4) is 11.8 Å². The number of aromatic hydroxyl groups is 1. The topological polar surface area (TPSA) is 73.1 Å². The highest BCUT2D eigenvalue weighted by Gasteiger charge is 2.16. The van der Waals surface area contributed by atoms with E-state index in [2.05, 4.69) is 59.0 Å². The van der Waals surface area contributed by atoms with Gasteiger partial charge in [0.15, 0.2) is 0 Å². The number of rotatable bonds is 6. The van der Waals surface area contributed by atoms with E-state index in [9.17, 15) is 5.11 Å². The highest BCUT2D eigenvalue weighted by atomic mass is 127. The summed E-state index contributed by atoms with van der Waals surface area (Å²) < 4.78 is 7.05. The van der Waals surface area contributed by atoms with E-state index < -0.39 is 0 Å². The molecule has 0 aliphatic heterocycles. The van der Waals surface area contributed by atoms with Crippen LogP contribution in [0.3, 0.4) is 0 Å². The minimum atomic E-state index is -0.242. The summed E-state index contributed by atoms with van der Waals surface area (Å²) in [6, 6.07) is 0. The zero-order chi connectivity index (χ0) is 16.3. The van der Waals surface area contributed by atoms with Crippen LogP contribution in [0.25, 0.3) is 5.95 Å². The van der Waals surface area contributed by atoms with Crippen LogP contribution in [0.5, 0.6) is 5.88 Å². The van der Waals surface area contributed by atoms with Crippen LogP contribution in [0.4, 0.5) is 0 Å². The normalized spacial score (nSPS) is 11.6. The van der Waals surface area contributed by atoms with Crippen molar-refractivity contribution < 1.29 is 9.29 Å². The molecule has 0 radical (unpaired) electrons. The molecule has 120 valence electrons. The van der Waals surface area contributed by atoms with Crippen molar-refractivity contribution in [2.45, 2.75) is 33.3 Å². The molecule has 0 aliphatic carbocycles. The molecule has 10 heteroatoms. The maximum absolute atomic E-state index is 10.2. The number of imidazole rings is 1. The Kier molecular flexibility index (Phi) is 7.12. The van der Waals surface area contributed by atoms with Crippen molar-refractivity contribution in [2.75, 3.05) is 0 Å². The summed E-state index contributed by atoms with van der Waals surface area (Å²) >= 11 is 6.09. The number of nitrogens with zero attached hydrogens (tertiary/aromatic N) is 4. The number of hydrogen-bond acceptors (Lipinski definition) is 6. The molecule has 0 saturated carbocycles. The Morgan fingerprint density at radius 2 is 2.14 bits per heavy atom. The Morgan fingerprint density at radius 1 is 1.41 bits per heavy atom. The molecule has 2 aromatic rings. The largest absolute Gasteiger partial charge is 0.493 e. The summed E-state index contributed by atoms with van der Waals surface area (Å²) in [7, 11) is 0. The minimum Gasteiger partial charge on any atom is -0.493 e. The van der Waals surface area contributed by atoms with E-state index in [0.29, 0.717) is 18.4 Å². The molecule has 2 heterocycles. The van der Waals surface area contributed by atoms with E-state index in [-0.39, 0.29) is 14.2 Å². The molecule has 6 nitrogen and oxygen atoms in total. The Balaban J connectivity index is 2.28. The van der Waals surface area contributed by atoms with Gasteiger partial charge in [0.1, 0.15) is 14.8 Å². The second kappa shape index (κ2) is 8.41. The number of aryl methyl sites for hydroxylation is 1. The monoisotopic (exact) mass is 564 g/mol. The van der Waals surface area contributed by atoms with Crippen LogP contribution in [0, 0.1) is 6.92 Å². The zero-order valence-electron chi connectivity index (χ0n) is 12.2. The lowest BCUT2D eigenvalue weighted by Crippen LogP contribution is -2.09. The van der Waals surface area contributed by atoms with Gasteiger partial charge in [-0.25, -0.2) is 9.97 Å². The predicted molar refractivity (Wildman–Crippen MR) is 107 cm³/mol. The van der Waals surface area contributed by atoms with Crippen molar-refractivity contribution in [2.24, 2.45) is 0 Å². The lowest BCUT2D eigenvalue weighted by Gasteiger charge is -2.13. The van der Waals surface area contributed by atoms with E-state index in [1.54, 1.807) is 17.0 Å². The van der Waals surface area contributed by atoms with Gasteiger partial charge >= 0.3 is 0 Å². The molecule has 2 rings (SSSR count). The highest BCUT2D eigenvalue weighted by molar-refractivity contribution is 14.3. The van der Waals surface area contributed by atoms with Crippen LogP contribution < -0.4 is 0 Å². The summed E-state index contributed by atoms with van der Waals surface area (Å²) in [5, 5.41) is 10.2. The third-order valence-electron chi connectivity index (χ3n) is 2.91. The molecule has 0 saturated heterocycles. The minimum absolute atomic E-state index is 0.0236. The van der Waals surface area contributed by atoms with Gasteiger partial charge in [0.25, 0.3) is 0 Å². The molecule has 0 spiro atoms. The first-order valence-electron chi connectivity index (χ1n) is 6.41. The molecule has 0 atom stereocenters. The summed E-state index contributed by atoms with van der Waals surface area (Å²) in [5.74, 6) is 1.30. The number of halogens is 2. The molecule has 22 heavy (non-hydrogen) atoms. The summed E-state index contributed by atoms with van der Waals surface area (Å²) in [4.78, 5) is 13.0. The Hall–Kier alpha value is 0.290. The third kappa shape index (κ3) is 4.65. The van der Waals surface area contributed by atoms with Crippen molar-refractivity contribution in [1.29, 1.82) is 0 Å². The van der Waals surface area contributed by atoms with Crippen LogP contribution in [0.15, 0.2) is 12.4 Å². The SMILES string of the molecule is Cc1nc(-n2ccnc2COSP(I)I)nc(O)c1C(C)C. The van der Waals surface area contributed by atoms with E-state index in [0.717, 1.165) is 11.3 Å². The third-order valence-corrected chi connectivity index (χ3v) is 6.80. The summed E-state index contributed by atoms with van der Waals surface area (Å²) in [5.41, 5.74) is 1.55. The molecule has 0 unspecified atom stereocenters. The summed E-state index contributed by atoms with van der Waals surface area (Å²) in [6.07, 6.45) is 3.44. The van der Waals surface area contributed by atoms with E-state index in [1.165, 1.54) is 11.7 Å². The molecule has 0 aliphatic rings. The quantitative estimate of drug-likeness (QED) is 0.301. The van der Waals surface area contributed by atoms with Gasteiger partial charge in [0.05, 0.1) is 5.69 Å². The summed E-state index contributed by atoms with van der Waals surface area (Å²) in [6.45, 7) is 6.25. The molecule has 0 fully saturated rings. The first-order chi connectivity index (χ1) is 10.4. The van der Waals surface area contributed by atoms with E-state index in [4.69, 9.17) is 4.18 Å². The van der Waals surface area contributed by atoms with Crippen LogP contribution in [-0.4, -0.2) is 24.6 Å². The number of hydrogen-bond donors (Lipinski definition) is 1. The van der Waals surface area contributed by atoms with Gasteiger partial charge in [-0.15, -0.1) is 0 Å². The second-order valence-corrected chi connectivity index (χ2v) is 22.3. The molecule has 1 N–H and O–H groups in total. The molecule has 0 amide bonds. The molecule has 0 bridgehead atoms. The van der Waals surface area contributed by atoms with E-state index in [1.807, 2.05) is 20.8 Å². The zero-order valence-corrected chi connectivity index (χ0v) is 18.2. The Labute approximate surface area is 160 Å². The highest BCUT2D eigenvalue weighted by Crippen LogP contribution is 2.65. The van der Waals surface area contributed by atoms with Crippen molar-refractivity contribution >= 4 is 58.2 Å². The van der Waals surface area contributed by atoms with Gasteiger partial charge in [0.2, 0.25) is 11.8 Å². The fraction of sp³-hybridized carbons (Fsp3) is 0.417. The van der Waals surface area contributed by atoms with Gasteiger partial charge in [-0.2, -0.15) is 4.98 Å². The van der Waals surface area contributed by atoms with Crippen LogP contribution in [-0.2, 0) is 10.8 Å². The average Bonchev–Trinajstić information content (AvgIpc) is 2.85. The smallest absolute Gasteiger partial charge is 0.238 e. The van der Waals surface area contributed by atoms with Gasteiger partial charge in [-0.3, -0.25) is 4.57 Å². The maximum Gasteiger partial charge on any atom is 0.238 e. The van der Waals surface area contributed by atoms with E-state index >= 15 is 0 Å². The molecule has 0 aromatic carbocycles. The van der Waals surface area contributed by atoms with Crippen molar-refractivity contribution in [3.63, 3.8) is 0 Å². The van der Waals surface area contributed by atoms with Crippen molar-refractivity contribution in [1.82, 2.24) is 19.5 Å². The van der Waals surface area contributed by atoms with Crippen molar-refractivity contribution in [3.05, 3.63) is 29.5 Å². The molecule has 2 aromatic heterocycles. The van der Waals surface area contributed by atoms with Gasteiger partial charge in [-0.1, -0.05) is 13.8 Å². The van der Waals surface area contributed by atoms with Crippen LogP contribution in [0.2, 0.25) is 0 Å². The first kappa shape index (κ1) is 18.6. The average molecular weight is 564 g/mol. The van der Waals surface area contributed by atoms with Gasteiger partial charge in [-0.05, 0) is 56.9 Å². The lowest BCUT2D eigenvalue weighted by molar-refractivity contribution is 0.352. The maximum atomic E-state index is 10.2. The fourth-order valence-corrected chi connectivity index (χ4v) is 4.76. The Morgan fingerprint density at radius 3 is 2.73 bits per heavy atom. The van der Waals surface area contributed by atoms with Gasteiger partial charge < -0.3 is 9.29 Å².